The van der Waals surface area contributed by atoms with Gasteiger partial charge in [-0.1, -0.05) is 6.42 Å². The summed E-state index contributed by atoms with van der Waals surface area (Å²) in [7, 11) is 2.08. The van der Waals surface area contributed by atoms with E-state index in [1.54, 1.807) is 0 Å². The van der Waals surface area contributed by atoms with Crippen molar-refractivity contribution in [3.05, 3.63) is 0 Å². The van der Waals surface area contributed by atoms with Crippen molar-refractivity contribution in [2.24, 2.45) is 5.92 Å². The molecule has 92 valence electrons. The van der Waals surface area contributed by atoms with Crippen LogP contribution in [0.3, 0.4) is 0 Å². The van der Waals surface area contributed by atoms with Crippen LogP contribution in [0.4, 0.5) is 0 Å². The molecule has 2 atom stereocenters. The Morgan fingerprint density at radius 2 is 2.25 bits per heavy atom. The van der Waals surface area contributed by atoms with Gasteiger partial charge in [0.2, 0.25) is 5.91 Å². The molecule has 0 bridgehead atoms. The third-order valence-corrected chi connectivity index (χ3v) is 3.66. The highest BCUT2D eigenvalue weighted by Crippen LogP contribution is 2.15. The third kappa shape index (κ3) is 3.19. The van der Waals surface area contributed by atoms with Crippen LogP contribution in [0, 0.1) is 5.92 Å². The van der Waals surface area contributed by atoms with Gasteiger partial charge in [-0.25, -0.2) is 0 Å². The van der Waals surface area contributed by atoms with Crippen molar-refractivity contribution in [1.82, 2.24) is 15.5 Å². The van der Waals surface area contributed by atoms with Gasteiger partial charge in [-0.15, -0.1) is 0 Å². The van der Waals surface area contributed by atoms with Gasteiger partial charge in [0.25, 0.3) is 0 Å². The lowest BCUT2D eigenvalue weighted by atomic mass is 10.1. The van der Waals surface area contributed by atoms with Crippen LogP contribution in [0.2, 0.25) is 0 Å². The van der Waals surface area contributed by atoms with Gasteiger partial charge in [0.1, 0.15) is 0 Å². The lowest BCUT2D eigenvalue weighted by molar-refractivity contribution is -0.125. The molecular weight excluding hydrogens is 202 g/mol. The van der Waals surface area contributed by atoms with Gasteiger partial charge in [-0.2, -0.15) is 0 Å². The largest absolute Gasteiger partial charge is 0.352 e. The molecule has 2 rings (SSSR count). The first-order valence-corrected chi connectivity index (χ1v) is 6.45. The van der Waals surface area contributed by atoms with Gasteiger partial charge in [0.15, 0.2) is 0 Å². The number of amides is 1. The number of carbonyl (C=O) groups excluding carboxylic acids is 1. The minimum Gasteiger partial charge on any atom is -0.352 e. The van der Waals surface area contributed by atoms with Crippen molar-refractivity contribution in [3.63, 3.8) is 0 Å². The summed E-state index contributed by atoms with van der Waals surface area (Å²) < 4.78 is 0. The smallest absolute Gasteiger partial charge is 0.224 e. The fourth-order valence-corrected chi connectivity index (χ4v) is 2.61. The summed E-state index contributed by atoms with van der Waals surface area (Å²) in [5.74, 6) is 0.478. The molecule has 0 aromatic carbocycles. The van der Waals surface area contributed by atoms with E-state index in [1.807, 2.05) is 0 Å². The van der Waals surface area contributed by atoms with Crippen LogP contribution in [0.5, 0.6) is 0 Å². The lowest BCUT2D eigenvalue weighted by Crippen LogP contribution is -2.44. The Kier molecular flexibility index (Phi) is 4.18. The van der Waals surface area contributed by atoms with Crippen molar-refractivity contribution < 1.29 is 4.79 Å². The van der Waals surface area contributed by atoms with E-state index in [-0.39, 0.29) is 11.8 Å². The van der Waals surface area contributed by atoms with Crippen molar-refractivity contribution in [2.45, 2.75) is 31.7 Å². The summed E-state index contributed by atoms with van der Waals surface area (Å²) in [6.07, 6.45) is 4.60. The Morgan fingerprint density at radius 3 is 3.00 bits per heavy atom. The average molecular weight is 225 g/mol. The Hall–Kier alpha value is -0.610. The molecule has 2 N–H and O–H groups in total. The maximum atomic E-state index is 12.0. The van der Waals surface area contributed by atoms with E-state index in [9.17, 15) is 4.79 Å². The molecule has 2 heterocycles. The molecule has 0 aromatic heterocycles. The molecule has 2 aliphatic heterocycles. The highest BCUT2D eigenvalue weighted by molar-refractivity contribution is 5.79. The number of nitrogens with zero attached hydrogens (tertiary/aromatic N) is 1. The van der Waals surface area contributed by atoms with Crippen LogP contribution in [0.1, 0.15) is 25.7 Å². The van der Waals surface area contributed by atoms with Crippen molar-refractivity contribution in [1.29, 1.82) is 0 Å². The number of hydrogen-bond acceptors (Lipinski definition) is 3. The second-order valence-electron chi connectivity index (χ2n) is 5.15. The van der Waals surface area contributed by atoms with E-state index in [1.165, 1.54) is 12.8 Å². The maximum Gasteiger partial charge on any atom is 0.224 e. The van der Waals surface area contributed by atoms with Gasteiger partial charge in [-0.3, -0.25) is 4.79 Å². The zero-order valence-corrected chi connectivity index (χ0v) is 10.2. The minimum atomic E-state index is 0.216. The van der Waals surface area contributed by atoms with Crippen LogP contribution < -0.4 is 10.6 Å². The molecule has 1 amide bonds. The van der Waals surface area contributed by atoms with Gasteiger partial charge < -0.3 is 15.5 Å². The molecule has 4 heteroatoms. The highest BCUT2D eigenvalue weighted by Gasteiger charge is 2.27. The summed E-state index contributed by atoms with van der Waals surface area (Å²) >= 11 is 0. The van der Waals surface area contributed by atoms with Crippen LogP contribution in [0.25, 0.3) is 0 Å². The fraction of sp³-hybridized carbons (Fsp3) is 0.917. The minimum absolute atomic E-state index is 0.216. The van der Waals surface area contributed by atoms with E-state index in [2.05, 4.69) is 22.6 Å². The summed E-state index contributed by atoms with van der Waals surface area (Å²) in [4.78, 5) is 14.2. The van der Waals surface area contributed by atoms with Crippen LogP contribution in [-0.2, 0) is 4.79 Å². The summed E-state index contributed by atoms with van der Waals surface area (Å²) in [6, 6.07) is 0.348. The fourth-order valence-electron chi connectivity index (χ4n) is 2.61. The first kappa shape index (κ1) is 11.9. The van der Waals surface area contributed by atoms with E-state index >= 15 is 0 Å². The van der Waals surface area contributed by atoms with Crippen LogP contribution >= 0.6 is 0 Å². The van der Waals surface area contributed by atoms with E-state index in [0.717, 1.165) is 39.0 Å². The molecule has 0 aliphatic carbocycles. The molecule has 2 fully saturated rings. The predicted octanol–water partition coefficient (Wildman–Crippen LogP) is 0.196. The molecule has 2 aliphatic rings. The number of rotatable bonds is 2. The summed E-state index contributed by atoms with van der Waals surface area (Å²) in [5, 5.41) is 6.57. The van der Waals surface area contributed by atoms with Crippen molar-refractivity contribution in [2.75, 3.05) is 33.2 Å². The topological polar surface area (TPSA) is 44.4 Å². The predicted molar refractivity (Wildman–Crippen MR) is 64.3 cm³/mol. The second kappa shape index (κ2) is 5.64. The second-order valence-corrected chi connectivity index (χ2v) is 5.15. The average Bonchev–Trinajstić information content (AvgIpc) is 2.54. The normalized spacial score (nSPS) is 32.3. The number of likely N-dealkylation sites (tertiary alicyclic amines) is 1. The van der Waals surface area contributed by atoms with Gasteiger partial charge in [0.05, 0.1) is 5.92 Å². The molecule has 2 unspecified atom stereocenters. The molecule has 0 radical (unpaired) electrons. The first-order chi connectivity index (χ1) is 7.75. The maximum absolute atomic E-state index is 12.0. The van der Waals surface area contributed by atoms with Crippen molar-refractivity contribution >= 4 is 5.91 Å². The Morgan fingerprint density at radius 1 is 1.38 bits per heavy atom. The van der Waals surface area contributed by atoms with Crippen LogP contribution in [0.15, 0.2) is 0 Å². The Balaban J connectivity index is 1.77. The molecule has 4 nitrogen and oxygen atoms in total. The molecular formula is C12H23N3O. The van der Waals surface area contributed by atoms with Crippen LogP contribution in [-0.4, -0.2) is 50.1 Å². The number of hydrogen-bond donors (Lipinski definition) is 2. The molecule has 0 aromatic rings. The monoisotopic (exact) mass is 225 g/mol. The first-order valence-electron chi connectivity index (χ1n) is 6.45. The highest BCUT2D eigenvalue weighted by atomic mass is 16.2. The number of carbonyl (C=O) groups is 1. The number of nitrogens with one attached hydrogen (secondary N) is 2. The van der Waals surface area contributed by atoms with Gasteiger partial charge >= 0.3 is 0 Å². The summed E-state index contributed by atoms with van der Waals surface area (Å²) in [5.41, 5.74) is 0. The quantitative estimate of drug-likeness (QED) is 0.705. The SMILES string of the molecule is CN1CCC(C(=O)NC2CCCCNC2)C1. The lowest BCUT2D eigenvalue weighted by Gasteiger charge is -2.19. The van der Waals surface area contributed by atoms with E-state index < -0.39 is 0 Å². The van der Waals surface area contributed by atoms with Gasteiger partial charge in [-0.05, 0) is 39.4 Å². The Labute approximate surface area is 97.8 Å². The van der Waals surface area contributed by atoms with Crippen molar-refractivity contribution in [3.8, 4) is 0 Å². The Bertz CT molecular complexity index is 236. The molecule has 0 saturated carbocycles. The van der Waals surface area contributed by atoms with E-state index in [4.69, 9.17) is 0 Å². The molecule has 2 saturated heterocycles. The zero-order valence-electron chi connectivity index (χ0n) is 10.2. The molecule has 0 spiro atoms. The third-order valence-electron chi connectivity index (χ3n) is 3.66. The van der Waals surface area contributed by atoms with Gasteiger partial charge in [0, 0.05) is 19.1 Å². The summed E-state index contributed by atoms with van der Waals surface area (Å²) in [6.45, 7) is 4.01. The molecule has 16 heavy (non-hydrogen) atoms. The van der Waals surface area contributed by atoms with E-state index in [0.29, 0.717) is 6.04 Å². The standard InChI is InChI=1S/C12H23N3O/c1-15-7-5-10(9-15)12(16)14-11-4-2-3-6-13-8-11/h10-11,13H,2-9H2,1H3,(H,14,16). The zero-order chi connectivity index (χ0) is 11.4.